The zero-order valence-corrected chi connectivity index (χ0v) is 12.5. The molecule has 1 aliphatic heterocycles. The van der Waals surface area contributed by atoms with Crippen molar-refractivity contribution in [2.24, 2.45) is 0 Å². The van der Waals surface area contributed by atoms with Gasteiger partial charge in [0.1, 0.15) is 4.90 Å². The first-order valence-corrected chi connectivity index (χ1v) is 7.72. The predicted octanol–water partition coefficient (Wildman–Crippen LogP) is 1.72. The highest BCUT2D eigenvalue weighted by atomic mass is 35.5. The van der Waals surface area contributed by atoms with Crippen LogP contribution in [0.15, 0.2) is 23.1 Å². The molecule has 1 fully saturated rings. The molecule has 2 N–H and O–H groups in total. The Balaban J connectivity index is 2.50. The molecular weight excluding hydrogens is 288 g/mol. The van der Waals surface area contributed by atoms with Crippen molar-refractivity contribution in [1.82, 2.24) is 4.31 Å². The average molecular weight is 305 g/mol. The Hall–Kier alpha value is -0.820. The normalized spacial score (nSPS) is 20.4. The molecule has 0 aliphatic carbocycles. The van der Waals surface area contributed by atoms with Gasteiger partial charge in [-0.2, -0.15) is 4.31 Å². The highest BCUT2D eigenvalue weighted by Gasteiger charge is 2.40. The third-order valence-corrected chi connectivity index (χ3v) is 5.68. The van der Waals surface area contributed by atoms with Crippen molar-refractivity contribution < 1.29 is 13.2 Å². The third kappa shape index (κ3) is 2.72. The van der Waals surface area contributed by atoms with Gasteiger partial charge in [0.2, 0.25) is 10.0 Å². The lowest BCUT2D eigenvalue weighted by Crippen LogP contribution is -2.55. The number of rotatable bonds is 2. The molecule has 106 valence electrons. The van der Waals surface area contributed by atoms with E-state index in [4.69, 9.17) is 22.1 Å². The van der Waals surface area contributed by atoms with E-state index >= 15 is 0 Å². The van der Waals surface area contributed by atoms with Gasteiger partial charge in [0.05, 0.1) is 23.8 Å². The summed E-state index contributed by atoms with van der Waals surface area (Å²) in [5, 5.41) is 0.177. The van der Waals surface area contributed by atoms with E-state index in [0.29, 0.717) is 25.4 Å². The molecule has 0 unspecified atom stereocenters. The van der Waals surface area contributed by atoms with E-state index in [9.17, 15) is 8.42 Å². The lowest BCUT2D eigenvalue weighted by molar-refractivity contribution is -0.00770. The maximum absolute atomic E-state index is 12.7. The number of nitrogens with two attached hydrogens (primary N) is 1. The van der Waals surface area contributed by atoms with E-state index in [-0.39, 0.29) is 9.92 Å². The lowest BCUT2D eigenvalue weighted by Gasteiger charge is -2.40. The molecular formula is C12H17ClN2O3S. The van der Waals surface area contributed by atoms with Gasteiger partial charge in [-0.05, 0) is 32.0 Å². The van der Waals surface area contributed by atoms with Crippen LogP contribution >= 0.6 is 11.6 Å². The quantitative estimate of drug-likeness (QED) is 0.844. The zero-order valence-electron chi connectivity index (χ0n) is 10.9. The fourth-order valence-corrected chi connectivity index (χ4v) is 4.39. The Labute approximate surface area is 118 Å². The summed E-state index contributed by atoms with van der Waals surface area (Å²) >= 11 is 6.00. The van der Waals surface area contributed by atoms with E-state index in [0.717, 1.165) is 0 Å². The first-order chi connectivity index (χ1) is 8.75. The van der Waals surface area contributed by atoms with Crippen molar-refractivity contribution in [2.45, 2.75) is 24.3 Å². The Morgan fingerprint density at radius 3 is 2.74 bits per heavy atom. The van der Waals surface area contributed by atoms with Gasteiger partial charge in [0.25, 0.3) is 0 Å². The number of morpholine rings is 1. The smallest absolute Gasteiger partial charge is 0.245 e. The second-order valence-corrected chi connectivity index (χ2v) is 7.37. The summed E-state index contributed by atoms with van der Waals surface area (Å²) in [6.45, 7) is 4.68. The van der Waals surface area contributed by atoms with Gasteiger partial charge in [-0.15, -0.1) is 0 Å². The molecule has 1 aliphatic rings. The molecule has 0 bridgehead atoms. The van der Waals surface area contributed by atoms with Crippen LogP contribution in [0.3, 0.4) is 0 Å². The molecule has 0 amide bonds. The Kier molecular flexibility index (Phi) is 3.79. The van der Waals surface area contributed by atoms with Crippen molar-refractivity contribution in [3.8, 4) is 0 Å². The highest BCUT2D eigenvalue weighted by Crippen LogP contribution is 2.32. The lowest BCUT2D eigenvalue weighted by atomic mass is 10.1. The minimum Gasteiger partial charge on any atom is -0.399 e. The van der Waals surface area contributed by atoms with E-state index < -0.39 is 15.6 Å². The largest absolute Gasteiger partial charge is 0.399 e. The summed E-state index contributed by atoms with van der Waals surface area (Å²) in [6, 6.07) is 4.46. The second-order valence-electron chi connectivity index (χ2n) is 5.13. The summed E-state index contributed by atoms with van der Waals surface area (Å²) < 4.78 is 32.2. The van der Waals surface area contributed by atoms with Gasteiger partial charge in [0, 0.05) is 12.2 Å². The van der Waals surface area contributed by atoms with Crippen LogP contribution in [0.4, 0.5) is 5.69 Å². The van der Waals surface area contributed by atoms with Gasteiger partial charge in [-0.3, -0.25) is 0 Å². The van der Waals surface area contributed by atoms with E-state index in [1.165, 1.54) is 16.4 Å². The van der Waals surface area contributed by atoms with Gasteiger partial charge in [0.15, 0.2) is 0 Å². The number of nitrogen functional groups attached to an aromatic ring is 1. The third-order valence-electron chi connectivity index (χ3n) is 3.09. The number of ether oxygens (including phenoxy) is 1. The maximum Gasteiger partial charge on any atom is 0.245 e. The molecule has 19 heavy (non-hydrogen) atoms. The maximum atomic E-state index is 12.7. The van der Waals surface area contributed by atoms with Crippen LogP contribution in [0.1, 0.15) is 13.8 Å². The number of hydrogen-bond acceptors (Lipinski definition) is 4. The molecule has 7 heteroatoms. The molecule has 1 saturated heterocycles. The molecule has 1 aromatic carbocycles. The van der Waals surface area contributed by atoms with E-state index in [1.807, 2.05) is 13.8 Å². The summed E-state index contributed by atoms with van der Waals surface area (Å²) in [7, 11) is -3.68. The zero-order chi connectivity index (χ0) is 14.3. The molecule has 0 aromatic heterocycles. The molecule has 0 saturated carbocycles. The van der Waals surface area contributed by atoms with Gasteiger partial charge >= 0.3 is 0 Å². The van der Waals surface area contributed by atoms with Crippen LogP contribution in [-0.2, 0) is 14.8 Å². The van der Waals surface area contributed by atoms with E-state index in [2.05, 4.69) is 0 Å². The number of anilines is 1. The van der Waals surface area contributed by atoms with Gasteiger partial charge < -0.3 is 10.5 Å². The fraction of sp³-hybridized carbons (Fsp3) is 0.500. The number of benzene rings is 1. The predicted molar refractivity (Wildman–Crippen MR) is 74.7 cm³/mol. The summed E-state index contributed by atoms with van der Waals surface area (Å²) in [5.41, 5.74) is 5.42. The highest BCUT2D eigenvalue weighted by molar-refractivity contribution is 7.89. The molecule has 1 aromatic rings. The average Bonchev–Trinajstić information content (AvgIpc) is 2.31. The topological polar surface area (TPSA) is 72.6 Å². The standard InChI is InChI=1S/C12H17ClN2O3S/c1-12(2)8-18-6-5-15(12)19(16,17)11-7-9(14)3-4-10(11)13/h3-4,7H,5-6,8,14H2,1-2H3. The van der Waals surface area contributed by atoms with Crippen molar-refractivity contribution in [1.29, 1.82) is 0 Å². The minimum atomic E-state index is -3.68. The minimum absolute atomic E-state index is 0.0455. The molecule has 5 nitrogen and oxygen atoms in total. The summed E-state index contributed by atoms with van der Waals surface area (Å²) in [6.07, 6.45) is 0. The molecule has 1 heterocycles. The molecule has 0 spiro atoms. The van der Waals surface area contributed by atoms with Crippen LogP contribution < -0.4 is 5.73 Å². The summed E-state index contributed by atoms with van der Waals surface area (Å²) in [4.78, 5) is 0.0455. The van der Waals surface area contributed by atoms with Crippen LogP contribution in [-0.4, -0.2) is 38.0 Å². The van der Waals surface area contributed by atoms with E-state index in [1.54, 1.807) is 6.07 Å². The number of hydrogen-bond donors (Lipinski definition) is 1. The fourth-order valence-electron chi connectivity index (χ4n) is 2.13. The van der Waals surface area contributed by atoms with Crippen LogP contribution in [0.5, 0.6) is 0 Å². The first-order valence-electron chi connectivity index (χ1n) is 5.91. The van der Waals surface area contributed by atoms with Crippen molar-refractivity contribution in [3.63, 3.8) is 0 Å². The summed E-state index contributed by atoms with van der Waals surface area (Å²) in [5.74, 6) is 0. The number of nitrogens with zero attached hydrogens (tertiary/aromatic N) is 1. The molecule has 2 rings (SSSR count). The van der Waals surface area contributed by atoms with Crippen molar-refractivity contribution >= 4 is 27.3 Å². The van der Waals surface area contributed by atoms with Crippen LogP contribution in [0.2, 0.25) is 5.02 Å². The monoisotopic (exact) mass is 304 g/mol. The molecule has 0 radical (unpaired) electrons. The van der Waals surface area contributed by atoms with Crippen LogP contribution in [0.25, 0.3) is 0 Å². The Bertz CT molecular complexity index is 587. The SMILES string of the molecule is CC1(C)COCCN1S(=O)(=O)c1cc(N)ccc1Cl. The number of sulfonamides is 1. The van der Waals surface area contributed by atoms with Crippen molar-refractivity contribution in [3.05, 3.63) is 23.2 Å². The van der Waals surface area contributed by atoms with Crippen LogP contribution in [0, 0.1) is 0 Å². The first kappa shape index (κ1) is 14.6. The van der Waals surface area contributed by atoms with Gasteiger partial charge in [-0.25, -0.2) is 8.42 Å². The van der Waals surface area contributed by atoms with Crippen molar-refractivity contribution in [2.75, 3.05) is 25.5 Å². The van der Waals surface area contributed by atoms with Gasteiger partial charge in [-0.1, -0.05) is 11.6 Å². The number of halogens is 1. The molecule has 0 atom stereocenters. The Morgan fingerprint density at radius 1 is 1.42 bits per heavy atom. The Morgan fingerprint density at radius 2 is 2.11 bits per heavy atom. The second kappa shape index (κ2) is 4.94.